The van der Waals surface area contributed by atoms with E-state index in [1.165, 1.54) is 0 Å². The summed E-state index contributed by atoms with van der Waals surface area (Å²) in [6, 6.07) is 0. The van der Waals surface area contributed by atoms with E-state index in [2.05, 4.69) is 4.74 Å². The molecular formula is C7H6F12O. The van der Waals surface area contributed by atoms with Gasteiger partial charge in [0.05, 0.1) is 0 Å². The highest BCUT2D eigenvalue weighted by Crippen LogP contribution is 2.57. The Labute approximate surface area is 103 Å². The fourth-order valence-electron chi connectivity index (χ4n) is 0.553. The van der Waals surface area contributed by atoms with Gasteiger partial charge in [0.2, 0.25) is 0 Å². The van der Waals surface area contributed by atoms with Gasteiger partial charge in [-0.15, -0.1) is 0 Å². The summed E-state index contributed by atoms with van der Waals surface area (Å²) in [7, 11) is 3.25. The molecule has 0 radical (unpaired) electrons. The Kier molecular flexibility index (Phi) is 6.27. The maximum atomic E-state index is 12.0. The topological polar surface area (TPSA) is 9.23 Å². The van der Waals surface area contributed by atoms with E-state index >= 15 is 0 Å². The van der Waals surface area contributed by atoms with Crippen molar-refractivity contribution >= 4 is 0 Å². The van der Waals surface area contributed by atoms with Gasteiger partial charge in [0.15, 0.2) is 0 Å². The fraction of sp³-hybridized carbons (Fsp3) is 1.00. The third-order valence-electron chi connectivity index (χ3n) is 1.50. The minimum atomic E-state index is -7.66. The highest BCUT2D eigenvalue weighted by Gasteiger charge is 2.88. The molecule has 0 saturated heterocycles. The minimum absolute atomic E-state index is 1.62. The Hall–Kier alpha value is -0.880. The number of hydrogen-bond donors (Lipinski definition) is 0. The first kappa shape index (κ1) is 21.4. The number of alkyl halides is 12. The Bertz CT molecular complexity index is 272. The van der Waals surface area contributed by atoms with Crippen LogP contribution in [0.2, 0.25) is 0 Å². The lowest BCUT2D eigenvalue weighted by Gasteiger charge is -2.34. The van der Waals surface area contributed by atoms with Crippen LogP contribution in [0, 0.1) is 0 Å². The van der Waals surface area contributed by atoms with Crippen LogP contribution < -0.4 is 0 Å². The van der Waals surface area contributed by atoms with Crippen molar-refractivity contribution in [2.45, 2.75) is 30.1 Å². The first-order chi connectivity index (χ1) is 8.41. The molecule has 0 saturated carbocycles. The lowest BCUT2D eigenvalue weighted by atomic mass is 10.0. The summed E-state index contributed by atoms with van der Waals surface area (Å²) in [5, 5.41) is 0. The zero-order valence-corrected chi connectivity index (χ0v) is 9.44. The minimum Gasteiger partial charge on any atom is -0.388 e. The van der Waals surface area contributed by atoms with Gasteiger partial charge >= 0.3 is 30.1 Å². The molecule has 0 unspecified atom stereocenters. The average Bonchev–Trinajstić information content (AvgIpc) is 2.14. The number of ether oxygens (including phenoxy) is 1. The lowest BCUT2D eigenvalue weighted by molar-refractivity contribution is -0.438. The Morgan fingerprint density at radius 3 is 0.700 bits per heavy atom. The fourth-order valence-corrected chi connectivity index (χ4v) is 0.553. The van der Waals surface area contributed by atoms with Gasteiger partial charge in [-0.05, 0) is 0 Å². The van der Waals surface area contributed by atoms with Gasteiger partial charge in [0.1, 0.15) is 0 Å². The molecule has 20 heavy (non-hydrogen) atoms. The van der Waals surface area contributed by atoms with E-state index in [1.54, 1.807) is 14.2 Å². The summed E-state index contributed by atoms with van der Waals surface area (Å²) in [4.78, 5) is 0. The van der Waals surface area contributed by atoms with E-state index in [9.17, 15) is 52.7 Å². The second kappa shape index (κ2) is 5.85. The van der Waals surface area contributed by atoms with Crippen molar-refractivity contribution in [1.29, 1.82) is 0 Å². The van der Waals surface area contributed by atoms with Crippen molar-refractivity contribution in [2.24, 2.45) is 0 Å². The molecule has 0 aromatic rings. The van der Waals surface area contributed by atoms with Crippen molar-refractivity contribution in [3.8, 4) is 0 Å². The summed E-state index contributed by atoms with van der Waals surface area (Å²) >= 11 is 0. The van der Waals surface area contributed by atoms with E-state index in [1.807, 2.05) is 0 Å². The standard InChI is InChI=1S/C5F12.C2H6O/c6-1(7,2(8,9)4(12,13)14)3(10,11)5(15,16)17;1-3-2/h;1-2H3. The van der Waals surface area contributed by atoms with Crippen LogP contribution in [-0.2, 0) is 4.74 Å². The summed E-state index contributed by atoms with van der Waals surface area (Å²) in [6.07, 6.45) is -14.5. The number of hydrogen-bond acceptors (Lipinski definition) is 1. The first-order valence-electron chi connectivity index (χ1n) is 4.08. The zero-order valence-electron chi connectivity index (χ0n) is 9.44. The molecule has 0 aliphatic heterocycles. The van der Waals surface area contributed by atoms with Crippen molar-refractivity contribution in [1.82, 2.24) is 0 Å². The lowest BCUT2D eigenvalue weighted by Crippen LogP contribution is -2.65. The molecule has 0 amide bonds. The predicted octanol–water partition coefficient (Wildman–Crippen LogP) is 4.28. The van der Waals surface area contributed by atoms with Crippen molar-refractivity contribution in [3.05, 3.63) is 0 Å². The zero-order chi connectivity index (χ0) is 17.2. The highest BCUT2D eigenvalue weighted by molar-refractivity contribution is 5.03. The SMILES string of the molecule is COC.FC(F)(F)C(F)(F)C(F)(F)C(F)(F)C(F)(F)F. The molecule has 124 valence electrons. The second-order valence-electron chi connectivity index (χ2n) is 3.13. The van der Waals surface area contributed by atoms with E-state index in [-0.39, 0.29) is 0 Å². The highest BCUT2D eigenvalue weighted by atomic mass is 19.4. The first-order valence-corrected chi connectivity index (χ1v) is 4.08. The van der Waals surface area contributed by atoms with Gasteiger partial charge in [-0.25, -0.2) is 0 Å². The van der Waals surface area contributed by atoms with Gasteiger partial charge < -0.3 is 4.74 Å². The molecule has 0 aliphatic rings. The Balaban J connectivity index is 0. The molecular weight excluding hydrogens is 328 g/mol. The number of halogens is 12. The molecule has 1 nitrogen and oxygen atoms in total. The maximum Gasteiger partial charge on any atom is 0.460 e. The molecule has 0 bridgehead atoms. The van der Waals surface area contributed by atoms with Crippen LogP contribution in [0.1, 0.15) is 0 Å². The summed E-state index contributed by atoms with van der Waals surface area (Å²) in [6.45, 7) is 0. The van der Waals surface area contributed by atoms with Gasteiger partial charge in [-0.1, -0.05) is 0 Å². The van der Waals surface area contributed by atoms with Crippen LogP contribution in [-0.4, -0.2) is 44.3 Å². The molecule has 0 fully saturated rings. The van der Waals surface area contributed by atoms with Gasteiger partial charge in [0.25, 0.3) is 0 Å². The number of methoxy groups -OCH3 is 1. The van der Waals surface area contributed by atoms with Crippen LogP contribution in [0.5, 0.6) is 0 Å². The van der Waals surface area contributed by atoms with Gasteiger partial charge in [-0.3, -0.25) is 0 Å². The molecule has 0 atom stereocenters. The predicted molar refractivity (Wildman–Crippen MR) is 39.9 cm³/mol. The summed E-state index contributed by atoms with van der Waals surface area (Å²) in [5.41, 5.74) is 0. The van der Waals surface area contributed by atoms with Crippen LogP contribution in [0.3, 0.4) is 0 Å². The van der Waals surface area contributed by atoms with Gasteiger partial charge in [0, 0.05) is 14.2 Å². The molecule has 0 spiro atoms. The second-order valence-corrected chi connectivity index (χ2v) is 3.13. The maximum absolute atomic E-state index is 12.0. The van der Waals surface area contributed by atoms with Crippen molar-refractivity contribution < 1.29 is 57.4 Å². The van der Waals surface area contributed by atoms with Crippen molar-refractivity contribution in [3.63, 3.8) is 0 Å². The van der Waals surface area contributed by atoms with Crippen molar-refractivity contribution in [2.75, 3.05) is 14.2 Å². The monoisotopic (exact) mass is 334 g/mol. The molecule has 0 aromatic heterocycles. The number of rotatable bonds is 2. The molecule has 0 aromatic carbocycles. The van der Waals surface area contributed by atoms with Crippen LogP contribution in [0.4, 0.5) is 52.7 Å². The average molecular weight is 334 g/mol. The van der Waals surface area contributed by atoms with Crippen LogP contribution in [0.15, 0.2) is 0 Å². The largest absolute Gasteiger partial charge is 0.460 e. The molecule has 0 aliphatic carbocycles. The third kappa shape index (κ3) is 3.61. The molecule has 0 heterocycles. The smallest absolute Gasteiger partial charge is 0.388 e. The van der Waals surface area contributed by atoms with Crippen LogP contribution in [0.25, 0.3) is 0 Å². The molecule has 13 heteroatoms. The van der Waals surface area contributed by atoms with E-state index in [0.717, 1.165) is 0 Å². The molecule has 0 rings (SSSR count). The summed E-state index contributed by atoms with van der Waals surface area (Å²) in [5.74, 6) is -22.7. The molecule has 0 N–H and O–H groups in total. The van der Waals surface area contributed by atoms with Crippen LogP contribution >= 0.6 is 0 Å². The Morgan fingerprint density at radius 2 is 0.600 bits per heavy atom. The van der Waals surface area contributed by atoms with E-state index < -0.39 is 30.1 Å². The van der Waals surface area contributed by atoms with E-state index in [4.69, 9.17) is 0 Å². The summed E-state index contributed by atoms with van der Waals surface area (Å²) < 4.78 is 144. The van der Waals surface area contributed by atoms with Gasteiger partial charge in [-0.2, -0.15) is 52.7 Å². The third-order valence-corrected chi connectivity index (χ3v) is 1.50. The Morgan fingerprint density at radius 1 is 0.450 bits per heavy atom. The quantitative estimate of drug-likeness (QED) is 0.685. The normalized spacial score (nSPS) is 14.7. The van der Waals surface area contributed by atoms with E-state index in [0.29, 0.717) is 0 Å².